The highest BCUT2D eigenvalue weighted by Crippen LogP contribution is 2.34. The molecule has 0 unspecified atom stereocenters. The normalized spacial score (nSPS) is 12.3. The van der Waals surface area contributed by atoms with Crippen molar-refractivity contribution in [1.29, 1.82) is 0 Å². The number of hydrogen-bond acceptors (Lipinski definition) is 0. The molecule has 2 aromatic carbocycles. The topological polar surface area (TPSA) is 3.88 Å². The minimum atomic E-state index is -0.0111. The molecule has 0 N–H and O–H groups in total. The van der Waals surface area contributed by atoms with Crippen LogP contribution in [0.2, 0.25) is 0 Å². The molecule has 1 heterocycles. The van der Waals surface area contributed by atoms with Crippen LogP contribution >= 0.6 is 0 Å². The van der Waals surface area contributed by atoms with Crippen molar-refractivity contribution in [3.05, 3.63) is 89.1 Å². The SMILES string of the molecule is Cc1cc(C(C)(C)c2ccccc2)ccc1-c1ccc(C(C)(C)C)c[n+]1C. The first kappa shape index (κ1) is 19.4. The molecule has 0 spiro atoms. The maximum absolute atomic E-state index is 2.35. The lowest BCUT2D eigenvalue weighted by Gasteiger charge is -2.27. The summed E-state index contributed by atoms with van der Waals surface area (Å²) in [6.07, 6.45) is 2.26. The molecule has 0 fully saturated rings. The van der Waals surface area contributed by atoms with Crippen molar-refractivity contribution in [3.8, 4) is 11.3 Å². The fraction of sp³-hybridized carbons (Fsp3) is 0.346. The van der Waals surface area contributed by atoms with Crippen molar-refractivity contribution in [2.45, 2.75) is 52.4 Å². The van der Waals surface area contributed by atoms with Crippen LogP contribution in [0, 0.1) is 6.92 Å². The van der Waals surface area contributed by atoms with Crippen LogP contribution < -0.4 is 4.57 Å². The molecule has 0 amide bonds. The van der Waals surface area contributed by atoms with Gasteiger partial charge in [-0.15, -0.1) is 0 Å². The van der Waals surface area contributed by atoms with Gasteiger partial charge in [0.15, 0.2) is 6.20 Å². The molecular formula is C26H32N+. The van der Waals surface area contributed by atoms with Crippen molar-refractivity contribution in [1.82, 2.24) is 0 Å². The van der Waals surface area contributed by atoms with E-state index < -0.39 is 0 Å². The highest BCUT2D eigenvalue weighted by Gasteiger charge is 2.25. The molecule has 27 heavy (non-hydrogen) atoms. The van der Waals surface area contributed by atoms with Gasteiger partial charge in [-0.1, -0.05) is 77.1 Å². The van der Waals surface area contributed by atoms with Gasteiger partial charge >= 0.3 is 0 Å². The first-order valence-electron chi connectivity index (χ1n) is 9.78. The molecule has 1 heteroatoms. The highest BCUT2D eigenvalue weighted by molar-refractivity contribution is 5.62. The summed E-state index contributed by atoms with van der Waals surface area (Å²) in [5.41, 5.74) is 8.07. The maximum Gasteiger partial charge on any atom is 0.212 e. The van der Waals surface area contributed by atoms with Crippen LogP contribution in [0.4, 0.5) is 0 Å². The lowest BCUT2D eigenvalue weighted by Crippen LogP contribution is -2.33. The van der Waals surface area contributed by atoms with Crippen LogP contribution in [0.1, 0.15) is 56.9 Å². The van der Waals surface area contributed by atoms with Gasteiger partial charge in [0.05, 0.1) is 0 Å². The molecule has 0 atom stereocenters. The average Bonchev–Trinajstić information content (AvgIpc) is 2.62. The zero-order chi connectivity index (χ0) is 19.8. The summed E-state index contributed by atoms with van der Waals surface area (Å²) >= 11 is 0. The quantitative estimate of drug-likeness (QED) is 0.497. The van der Waals surface area contributed by atoms with E-state index in [2.05, 4.69) is 120 Å². The minimum absolute atomic E-state index is 0.0111. The zero-order valence-electron chi connectivity index (χ0n) is 17.8. The third-order valence-electron chi connectivity index (χ3n) is 5.72. The van der Waals surface area contributed by atoms with E-state index in [1.807, 2.05) is 0 Å². The zero-order valence-corrected chi connectivity index (χ0v) is 17.8. The molecule has 3 rings (SSSR count). The van der Waals surface area contributed by atoms with E-state index in [0.29, 0.717) is 0 Å². The number of nitrogens with zero attached hydrogens (tertiary/aromatic N) is 1. The van der Waals surface area contributed by atoms with E-state index in [1.54, 1.807) is 0 Å². The number of benzene rings is 2. The van der Waals surface area contributed by atoms with Crippen LogP contribution in [0.25, 0.3) is 11.3 Å². The first-order valence-corrected chi connectivity index (χ1v) is 9.78. The Kier molecular flexibility index (Phi) is 4.99. The number of rotatable bonds is 3. The lowest BCUT2D eigenvalue weighted by molar-refractivity contribution is -0.661. The summed E-state index contributed by atoms with van der Waals surface area (Å²) in [6, 6.07) is 22.2. The maximum atomic E-state index is 2.35. The van der Waals surface area contributed by atoms with Gasteiger partial charge < -0.3 is 0 Å². The summed E-state index contributed by atoms with van der Waals surface area (Å²) in [5, 5.41) is 0. The van der Waals surface area contributed by atoms with E-state index in [-0.39, 0.29) is 10.8 Å². The van der Waals surface area contributed by atoms with Gasteiger partial charge in [0.2, 0.25) is 5.69 Å². The molecule has 0 saturated heterocycles. The second kappa shape index (κ2) is 6.96. The van der Waals surface area contributed by atoms with Crippen molar-refractivity contribution in [2.75, 3.05) is 0 Å². The third kappa shape index (κ3) is 3.83. The Morgan fingerprint density at radius 1 is 0.704 bits per heavy atom. The molecule has 1 nitrogen and oxygen atoms in total. The smallest absolute Gasteiger partial charge is 0.201 e. The van der Waals surface area contributed by atoms with Crippen LogP contribution in [0.5, 0.6) is 0 Å². The van der Waals surface area contributed by atoms with Gasteiger partial charge in [-0.05, 0) is 41.2 Å². The van der Waals surface area contributed by atoms with Gasteiger partial charge in [-0.3, -0.25) is 0 Å². The van der Waals surface area contributed by atoms with Crippen LogP contribution in [0.3, 0.4) is 0 Å². The predicted octanol–water partition coefficient (Wildman–Crippen LogP) is 6.11. The fourth-order valence-electron chi connectivity index (χ4n) is 3.69. The average molecular weight is 359 g/mol. The van der Waals surface area contributed by atoms with Gasteiger partial charge in [-0.25, -0.2) is 4.57 Å². The molecule has 0 bridgehead atoms. The molecular weight excluding hydrogens is 326 g/mol. The van der Waals surface area contributed by atoms with E-state index in [4.69, 9.17) is 0 Å². The Bertz CT molecular complexity index is 944. The van der Waals surface area contributed by atoms with Gasteiger partial charge in [0.25, 0.3) is 0 Å². The second-order valence-corrected chi connectivity index (χ2v) is 9.18. The molecule has 0 aliphatic heterocycles. The largest absolute Gasteiger partial charge is 0.212 e. The molecule has 1 aromatic heterocycles. The van der Waals surface area contributed by atoms with Crippen LogP contribution in [0.15, 0.2) is 66.9 Å². The lowest BCUT2D eigenvalue weighted by atomic mass is 9.77. The van der Waals surface area contributed by atoms with Crippen molar-refractivity contribution >= 4 is 0 Å². The Morgan fingerprint density at radius 3 is 1.89 bits per heavy atom. The summed E-state index contributed by atoms with van der Waals surface area (Å²) in [5.74, 6) is 0. The summed E-state index contributed by atoms with van der Waals surface area (Å²) in [7, 11) is 2.14. The number of aromatic nitrogens is 1. The fourth-order valence-corrected chi connectivity index (χ4v) is 3.69. The van der Waals surface area contributed by atoms with Crippen molar-refractivity contribution in [2.24, 2.45) is 7.05 Å². The van der Waals surface area contributed by atoms with Gasteiger partial charge in [-0.2, -0.15) is 0 Å². The summed E-state index contributed by atoms with van der Waals surface area (Å²) < 4.78 is 2.25. The first-order chi connectivity index (χ1) is 12.6. The van der Waals surface area contributed by atoms with E-state index in [0.717, 1.165) is 0 Å². The number of aryl methyl sites for hydroxylation is 2. The molecule has 3 aromatic rings. The van der Waals surface area contributed by atoms with Crippen LogP contribution in [-0.2, 0) is 17.9 Å². The standard InChI is InChI=1S/C26H32N/c1-19-17-21(26(5,6)20-11-9-8-10-12-20)13-15-23(19)24-16-14-22(18-27(24)7)25(2,3)4/h8-18H,1-7H3/q+1. The minimum Gasteiger partial charge on any atom is -0.201 e. The second-order valence-electron chi connectivity index (χ2n) is 9.18. The third-order valence-corrected chi connectivity index (χ3v) is 5.72. The number of hydrogen-bond donors (Lipinski definition) is 0. The van der Waals surface area contributed by atoms with E-state index in [1.165, 1.54) is 33.5 Å². The molecule has 140 valence electrons. The van der Waals surface area contributed by atoms with E-state index >= 15 is 0 Å². The van der Waals surface area contributed by atoms with Crippen molar-refractivity contribution < 1.29 is 4.57 Å². The van der Waals surface area contributed by atoms with Gasteiger partial charge in [0, 0.05) is 22.6 Å². The molecule has 0 aliphatic rings. The Labute approximate surface area is 164 Å². The highest BCUT2D eigenvalue weighted by atomic mass is 14.9. The molecule has 0 aliphatic carbocycles. The molecule has 0 radical (unpaired) electrons. The molecule has 0 saturated carbocycles. The van der Waals surface area contributed by atoms with E-state index in [9.17, 15) is 0 Å². The number of pyridine rings is 1. The predicted molar refractivity (Wildman–Crippen MR) is 115 cm³/mol. The van der Waals surface area contributed by atoms with Crippen molar-refractivity contribution in [3.63, 3.8) is 0 Å². The van der Waals surface area contributed by atoms with Crippen LogP contribution in [-0.4, -0.2) is 0 Å². The Morgan fingerprint density at radius 2 is 1.33 bits per heavy atom. The Hall–Kier alpha value is -2.41. The Balaban J connectivity index is 2.01. The monoisotopic (exact) mass is 358 g/mol. The summed E-state index contributed by atoms with van der Waals surface area (Å²) in [6.45, 7) is 13.6. The van der Waals surface area contributed by atoms with Gasteiger partial charge in [0.1, 0.15) is 7.05 Å². The summed E-state index contributed by atoms with van der Waals surface area (Å²) in [4.78, 5) is 0.